The highest BCUT2D eigenvalue weighted by atomic mass is 19.1. The first-order valence-electron chi connectivity index (χ1n) is 11.1. The zero-order valence-corrected chi connectivity index (χ0v) is 18.6. The number of hydrogen-bond donors (Lipinski definition) is 1. The van der Waals surface area contributed by atoms with Crippen LogP contribution in [-0.2, 0) is 0 Å². The number of fused-ring (bicyclic) bond motifs is 3. The first kappa shape index (κ1) is 20.6. The van der Waals surface area contributed by atoms with Crippen LogP contribution in [0, 0.1) is 5.82 Å². The maximum Gasteiger partial charge on any atom is 0.227 e. The third kappa shape index (κ3) is 3.75. The van der Waals surface area contributed by atoms with Crippen molar-refractivity contribution in [3.8, 4) is 0 Å². The van der Waals surface area contributed by atoms with Crippen molar-refractivity contribution in [3.05, 3.63) is 48.0 Å². The summed E-state index contributed by atoms with van der Waals surface area (Å²) in [6.07, 6.45) is 1.76. The minimum Gasteiger partial charge on any atom is -0.367 e. The average molecular weight is 435 g/mol. The Hall–Kier alpha value is -3.26. The smallest absolute Gasteiger partial charge is 0.227 e. The molecule has 0 saturated carbocycles. The van der Waals surface area contributed by atoms with E-state index in [2.05, 4.69) is 46.0 Å². The second-order valence-electron chi connectivity index (χ2n) is 8.51. The van der Waals surface area contributed by atoms with E-state index in [1.165, 1.54) is 6.07 Å². The number of nitrogens with one attached hydrogen (secondary N) is 1. The fraction of sp³-hybridized carbons (Fsp3) is 0.375. The fourth-order valence-electron chi connectivity index (χ4n) is 4.28. The predicted octanol–water partition coefficient (Wildman–Crippen LogP) is 4.92. The van der Waals surface area contributed by atoms with Crippen molar-refractivity contribution in [1.82, 2.24) is 20.0 Å². The normalized spacial score (nSPS) is 15.2. The van der Waals surface area contributed by atoms with Crippen LogP contribution in [0.4, 0.5) is 21.7 Å². The molecule has 1 aliphatic rings. The monoisotopic (exact) mass is 434 g/mol. The maximum absolute atomic E-state index is 14.9. The molecule has 0 spiro atoms. The summed E-state index contributed by atoms with van der Waals surface area (Å²) >= 11 is 0. The van der Waals surface area contributed by atoms with Gasteiger partial charge in [-0.3, -0.25) is 0 Å². The highest BCUT2D eigenvalue weighted by Gasteiger charge is 2.19. The van der Waals surface area contributed by atoms with Crippen LogP contribution >= 0.6 is 0 Å². The summed E-state index contributed by atoms with van der Waals surface area (Å²) < 4.78 is 20.4. The van der Waals surface area contributed by atoms with Gasteiger partial charge in [-0.15, -0.1) is 0 Å². The summed E-state index contributed by atoms with van der Waals surface area (Å²) in [5.41, 5.74) is 3.59. The summed E-state index contributed by atoms with van der Waals surface area (Å²) in [7, 11) is 0. The van der Waals surface area contributed by atoms with Crippen molar-refractivity contribution in [2.24, 2.45) is 0 Å². The van der Waals surface area contributed by atoms with Crippen LogP contribution < -0.4 is 10.2 Å². The van der Waals surface area contributed by atoms with E-state index >= 15 is 0 Å². The highest BCUT2D eigenvalue weighted by Crippen LogP contribution is 2.31. The van der Waals surface area contributed by atoms with Crippen molar-refractivity contribution in [3.63, 3.8) is 0 Å². The van der Waals surface area contributed by atoms with Gasteiger partial charge in [-0.1, -0.05) is 25.9 Å². The van der Waals surface area contributed by atoms with Gasteiger partial charge in [-0.05, 0) is 42.8 Å². The van der Waals surface area contributed by atoms with Crippen molar-refractivity contribution in [2.45, 2.75) is 26.7 Å². The van der Waals surface area contributed by atoms with Gasteiger partial charge in [0.25, 0.3) is 0 Å². The predicted molar refractivity (Wildman–Crippen MR) is 125 cm³/mol. The molecule has 0 radical (unpaired) electrons. The lowest BCUT2D eigenvalue weighted by atomic mass is 10.0. The second kappa shape index (κ2) is 8.35. The highest BCUT2D eigenvalue weighted by molar-refractivity contribution is 6.04. The molecule has 166 valence electrons. The molecule has 2 aromatic carbocycles. The summed E-state index contributed by atoms with van der Waals surface area (Å²) in [5, 5.41) is 9.17. The lowest BCUT2D eigenvalue weighted by molar-refractivity contribution is 0.270. The number of rotatable bonds is 5. The summed E-state index contributed by atoms with van der Waals surface area (Å²) in [4.78, 5) is 13.6. The van der Waals surface area contributed by atoms with Crippen molar-refractivity contribution in [1.29, 1.82) is 0 Å². The average Bonchev–Trinajstić information content (AvgIpc) is 3.24. The first-order chi connectivity index (χ1) is 15.5. The molecule has 0 bridgehead atoms. The van der Waals surface area contributed by atoms with E-state index in [0.29, 0.717) is 22.9 Å². The summed E-state index contributed by atoms with van der Waals surface area (Å²) in [5.74, 6) is 0.364. The number of aromatic nitrogens is 3. The van der Waals surface area contributed by atoms with E-state index in [4.69, 9.17) is 9.51 Å². The van der Waals surface area contributed by atoms with Crippen LogP contribution in [0.3, 0.4) is 0 Å². The topological polar surface area (TPSA) is 70.3 Å². The number of nitrogens with zero attached hydrogens (tertiary/aromatic N) is 5. The Balaban J connectivity index is 1.42. The van der Waals surface area contributed by atoms with Gasteiger partial charge in [-0.2, -0.15) is 0 Å². The lowest BCUT2D eigenvalue weighted by Gasteiger charge is -2.35. The van der Waals surface area contributed by atoms with Gasteiger partial charge < -0.3 is 19.6 Å². The number of piperazine rings is 1. The molecule has 7 nitrogen and oxygen atoms in total. The molecule has 4 aromatic rings. The van der Waals surface area contributed by atoms with Crippen molar-refractivity contribution in [2.75, 3.05) is 42.9 Å². The fourth-order valence-corrected chi connectivity index (χ4v) is 4.28. The van der Waals surface area contributed by atoms with Crippen LogP contribution in [0.1, 0.15) is 32.4 Å². The van der Waals surface area contributed by atoms with E-state index in [0.717, 1.165) is 54.7 Å². The van der Waals surface area contributed by atoms with Crippen LogP contribution in [-0.4, -0.2) is 52.7 Å². The van der Waals surface area contributed by atoms with Gasteiger partial charge in [0.1, 0.15) is 5.82 Å². The molecular formula is C24H27FN6O. The second-order valence-corrected chi connectivity index (χ2v) is 8.51. The molecule has 1 aliphatic heterocycles. The molecule has 5 rings (SSSR count). The van der Waals surface area contributed by atoms with Crippen LogP contribution in [0.25, 0.3) is 21.9 Å². The molecule has 0 atom stereocenters. The minimum atomic E-state index is -0.246. The van der Waals surface area contributed by atoms with Gasteiger partial charge in [0, 0.05) is 43.4 Å². The Morgan fingerprint density at radius 2 is 1.94 bits per heavy atom. The van der Waals surface area contributed by atoms with Crippen LogP contribution in [0.15, 0.2) is 41.1 Å². The van der Waals surface area contributed by atoms with E-state index in [1.54, 1.807) is 6.20 Å². The molecule has 32 heavy (non-hydrogen) atoms. The Morgan fingerprint density at radius 1 is 1.12 bits per heavy atom. The third-order valence-corrected chi connectivity index (χ3v) is 6.12. The zero-order chi connectivity index (χ0) is 22.2. The Labute approximate surface area is 186 Å². The maximum atomic E-state index is 14.9. The van der Waals surface area contributed by atoms with E-state index < -0.39 is 0 Å². The van der Waals surface area contributed by atoms with E-state index in [1.807, 2.05) is 24.3 Å². The largest absolute Gasteiger partial charge is 0.367 e. The Morgan fingerprint density at radius 3 is 2.66 bits per heavy atom. The van der Waals surface area contributed by atoms with Gasteiger partial charge in [-0.25, -0.2) is 14.4 Å². The van der Waals surface area contributed by atoms with E-state index in [9.17, 15) is 4.39 Å². The number of likely N-dealkylation sites (N-methyl/N-ethyl adjacent to an activating group) is 1. The quantitative estimate of drug-likeness (QED) is 0.478. The Bertz CT molecular complexity index is 1260. The SMILES string of the molecule is CCN1CCN(c2ccc(Nc3ncc4ccc5onc(C(C)C)c5c4n3)cc2F)CC1. The molecule has 1 saturated heterocycles. The van der Waals surface area contributed by atoms with Gasteiger partial charge in [0.2, 0.25) is 5.95 Å². The number of benzene rings is 2. The minimum absolute atomic E-state index is 0.203. The molecule has 1 N–H and O–H groups in total. The molecule has 2 aromatic heterocycles. The zero-order valence-electron chi connectivity index (χ0n) is 18.6. The number of anilines is 3. The summed E-state index contributed by atoms with van der Waals surface area (Å²) in [6.45, 7) is 10.9. The van der Waals surface area contributed by atoms with Gasteiger partial charge >= 0.3 is 0 Å². The molecular weight excluding hydrogens is 407 g/mol. The molecule has 0 amide bonds. The molecule has 8 heteroatoms. The molecule has 1 fully saturated rings. The molecule has 3 heterocycles. The standard InChI is InChI=1S/C24H27FN6O/c1-4-30-9-11-31(12-10-30)19-7-6-17(13-18(19)25)27-24-26-14-16-5-8-20-21(23(16)28-24)22(15(2)3)29-32-20/h5-8,13-15H,4,9-12H2,1-3H3,(H,26,27,28). The van der Waals surface area contributed by atoms with Crippen LogP contribution in [0.2, 0.25) is 0 Å². The lowest BCUT2D eigenvalue weighted by Crippen LogP contribution is -2.46. The van der Waals surface area contributed by atoms with Crippen molar-refractivity contribution < 1.29 is 8.91 Å². The van der Waals surface area contributed by atoms with Crippen molar-refractivity contribution >= 4 is 39.2 Å². The summed E-state index contributed by atoms with van der Waals surface area (Å²) in [6, 6.07) is 9.02. The van der Waals surface area contributed by atoms with Gasteiger partial charge in [0.05, 0.1) is 22.3 Å². The molecule has 0 unspecified atom stereocenters. The van der Waals surface area contributed by atoms with Gasteiger partial charge in [0.15, 0.2) is 5.58 Å². The number of halogens is 1. The Kier molecular flexibility index (Phi) is 5.38. The first-order valence-corrected chi connectivity index (χ1v) is 11.1. The van der Waals surface area contributed by atoms with Crippen LogP contribution in [0.5, 0.6) is 0 Å². The number of hydrogen-bond acceptors (Lipinski definition) is 7. The van der Waals surface area contributed by atoms with E-state index in [-0.39, 0.29) is 11.7 Å². The third-order valence-electron chi connectivity index (χ3n) is 6.12. The molecule has 0 aliphatic carbocycles.